The van der Waals surface area contributed by atoms with E-state index < -0.39 is 0 Å². The van der Waals surface area contributed by atoms with Crippen molar-refractivity contribution in [1.82, 2.24) is 5.32 Å². The van der Waals surface area contributed by atoms with Crippen LogP contribution in [0, 0.1) is 0 Å². The van der Waals surface area contributed by atoms with Gasteiger partial charge in [-0.3, -0.25) is 0 Å². The number of hydrogen-bond acceptors (Lipinski definition) is 4. The first-order valence-corrected chi connectivity index (χ1v) is 7.18. The summed E-state index contributed by atoms with van der Waals surface area (Å²) < 4.78 is 11.5. The number of rotatable bonds is 9. The van der Waals surface area contributed by atoms with Gasteiger partial charge in [0.15, 0.2) is 0 Å². The van der Waals surface area contributed by atoms with Crippen LogP contribution in [0.2, 0.25) is 0 Å². The van der Waals surface area contributed by atoms with Gasteiger partial charge >= 0.3 is 0 Å². The molecule has 0 aromatic heterocycles. The Morgan fingerprint density at radius 3 is 2.32 bits per heavy atom. The van der Waals surface area contributed by atoms with Gasteiger partial charge in [-0.2, -0.15) is 0 Å². The van der Waals surface area contributed by atoms with E-state index in [0.29, 0.717) is 13.2 Å². The number of ether oxygens (including phenoxy) is 2. The quantitative estimate of drug-likeness (QED) is 0.753. The van der Waals surface area contributed by atoms with Crippen LogP contribution in [0.1, 0.15) is 5.56 Å². The lowest BCUT2D eigenvalue weighted by molar-refractivity contribution is 0.190. The molecule has 0 fully saturated rings. The molecule has 0 aliphatic rings. The normalized spacial score (nSPS) is 10.7. The van der Waals surface area contributed by atoms with Crippen molar-refractivity contribution in [3.8, 4) is 0 Å². The zero-order valence-electron chi connectivity index (χ0n) is 11.9. The topological polar surface area (TPSA) is 33.7 Å². The van der Waals surface area contributed by atoms with E-state index in [4.69, 9.17) is 9.47 Å². The van der Waals surface area contributed by atoms with E-state index in [9.17, 15) is 0 Å². The number of hydrogen-bond donors (Lipinski definition) is 1. The first-order chi connectivity index (χ1) is 9.22. The minimum Gasteiger partial charge on any atom is -0.383 e. The van der Waals surface area contributed by atoms with Gasteiger partial charge in [-0.05, 0) is 30.8 Å². The standard InChI is InChI=1S/C14H23BrN2O2/c1-16-11-12-10-13(15)4-5-14(12)17(6-8-18-2)7-9-19-3/h4-5,10,16H,6-9,11H2,1-3H3. The van der Waals surface area contributed by atoms with Gasteiger partial charge in [0.2, 0.25) is 0 Å². The lowest BCUT2D eigenvalue weighted by atomic mass is 10.1. The minimum atomic E-state index is 0.707. The summed E-state index contributed by atoms with van der Waals surface area (Å²) in [5.74, 6) is 0. The van der Waals surface area contributed by atoms with E-state index in [2.05, 4.69) is 44.3 Å². The third kappa shape index (κ3) is 5.48. The fourth-order valence-electron chi connectivity index (χ4n) is 1.95. The van der Waals surface area contributed by atoms with Gasteiger partial charge in [-0.15, -0.1) is 0 Å². The van der Waals surface area contributed by atoms with Crippen molar-refractivity contribution in [2.45, 2.75) is 6.54 Å². The first kappa shape index (κ1) is 16.4. The summed E-state index contributed by atoms with van der Waals surface area (Å²) in [6.45, 7) is 3.97. The van der Waals surface area contributed by atoms with Gasteiger partial charge in [-0.1, -0.05) is 15.9 Å². The largest absolute Gasteiger partial charge is 0.383 e. The molecule has 0 saturated heterocycles. The Bertz CT molecular complexity index is 366. The van der Waals surface area contributed by atoms with Crippen LogP contribution in [0.25, 0.3) is 0 Å². The zero-order valence-corrected chi connectivity index (χ0v) is 13.5. The molecule has 0 saturated carbocycles. The maximum absolute atomic E-state index is 5.19. The molecule has 1 N–H and O–H groups in total. The van der Waals surface area contributed by atoms with Crippen molar-refractivity contribution in [2.24, 2.45) is 0 Å². The average molecular weight is 331 g/mol. The molecule has 0 bridgehead atoms. The maximum Gasteiger partial charge on any atom is 0.0637 e. The molecular weight excluding hydrogens is 308 g/mol. The molecule has 19 heavy (non-hydrogen) atoms. The van der Waals surface area contributed by atoms with Gasteiger partial charge < -0.3 is 19.7 Å². The first-order valence-electron chi connectivity index (χ1n) is 6.38. The van der Waals surface area contributed by atoms with E-state index in [1.807, 2.05) is 7.05 Å². The molecule has 0 atom stereocenters. The average Bonchev–Trinajstić information content (AvgIpc) is 2.40. The van der Waals surface area contributed by atoms with Crippen molar-refractivity contribution >= 4 is 21.6 Å². The predicted molar refractivity (Wildman–Crippen MR) is 82.9 cm³/mol. The monoisotopic (exact) mass is 330 g/mol. The van der Waals surface area contributed by atoms with Crippen molar-refractivity contribution in [1.29, 1.82) is 0 Å². The van der Waals surface area contributed by atoms with Crippen molar-refractivity contribution < 1.29 is 9.47 Å². The molecule has 1 rings (SSSR count). The molecule has 0 unspecified atom stereocenters. The smallest absolute Gasteiger partial charge is 0.0637 e. The summed E-state index contributed by atoms with van der Waals surface area (Å²) in [6, 6.07) is 6.36. The van der Waals surface area contributed by atoms with Crippen molar-refractivity contribution in [3.63, 3.8) is 0 Å². The van der Waals surface area contributed by atoms with Gasteiger partial charge in [0.1, 0.15) is 0 Å². The van der Waals surface area contributed by atoms with Crippen molar-refractivity contribution in [3.05, 3.63) is 28.2 Å². The number of methoxy groups -OCH3 is 2. The van der Waals surface area contributed by atoms with Gasteiger partial charge in [0.25, 0.3) is 0 Å². The lowest BCUT2D eigenvalue weighted by Crippen LogP contribution is -2.31. The number of anilines is 1. The van der Waals surface area contributed by atoms with Crippen LogP contribution in [-0.4, -0.2) is 47.6 Å². The molecular formula is C14H23BrN2O2. The number of benzene rings is 1. The third-order valence-electron chi connectivity index (χ3n) is 2.88. The summed E-state index contributed by atoms with van der Waals surface area (Å²) in [6.07, 6.45) is 0. The van der Waals surface area contributed by atoms with E-state index >= 15 is 0 Å². The maximum atomic E-state index is 5.19. The third-order valence-corrected chi connectivity index (χ3v) is 3.37. The Hall–Kier alpha value is -0.620. The highest BCUT2D eigenvalue weighted by Crippen LogP contribution is 2.24. The molecule has 0 aliphatic carbocycles. The Kier molecular flexibility index (Phi) is 8.05. The van der Waals surface area contributed by atoms with Crippen LogP contribution < -0.4 is 10.2 Å². The Morgan fingerprint density at radius 1 is 1.16 bits per heavy atom. The van der Waals surface area contributed by atoms with Crippen LogP contribution in [0.5, 0.6) is 0 Å². The van der Waals surface area contributed by atoms with Gasteiger partial charge in [0, 0.05) is 44.0 Å². The lowest BCUT2D eigenvalue weighted by Gasteiger charge is -2.27. The highest BCUT2D eigenvalue weighted by atomic mass is 79.9. The molecule has 1 aromatic carbocycles. The molecule has 0 radical (unpaired) electrons. The molecule has 0 aliphatic heterocycles. The van der Waals surface area contributed by atoms with E-state index in [1.165, 1.54) is 11.3 Å². The highest BCUT2D eigenvalue weighted by molar-refractivity contribution is 9.10. The van der Waals surface area contributed by atoms with Crippen molar-refractivity contribution in [2.75, 3.05) is 52.5 Å². The second-order valence-corrected chi connectivity index (χ2v) is 5.19. The SMILES string of the molecule is CNCc1cc(Br)ccc1N(CCOC)CCOC. The second-order valence-electron chi connectivity index (χ2n) is 4.28. The Morgan fingerprint density at radius 2 is 1.79 bits per heavy atom. The zero-order chi connectivity index (χ0) is 14.1. The van der Waals surface area contributed by atoms with Gasteiger partial charge in [-0.25, -0.2) is 0 Å². The fourth-order valence-corrected chi connectivity index (χ4v) is 2.36. The summed E-state index contributed by atoms with van der Waals surface area (Å²) in [5.41, 5.74) is 2.50. The summed E-state index contributed by atoms with van der Waals surface area (Å²) >= 11 is 3.53. The van der Waals surface area contributed by atoms with Crippen LogP contribution in [0.4, 0.5) is 5.69 Å². The Labute approximate surface area is 124 Å². The predicted octanol–water partition coefficient (Wildman–Crippen LogP) is 2.27. The summed E-state index contributed by atoms with van der Waals surface area (Å²) in [7, 11) is 5.41. The van der Waals surface area contributed by atoms with Gasteiger partial charge in [0.05, 0.1) is 13.2 Å². The second kappa shape index (κ2) is 9.31. The number of nitrogens with one attached hydrogen (secondary N) is 1. The molecule has 0 spiro atoms. The molecule has 5 heteroatoms. The van der Waals surface area contributed by atoms with Crippen LogP contribution in [0.15, 0.2) is 22.7 Å². The van der Waals surface area contributed by atoms with Crippen LogP contribution in [0.3, 0.4) is 0 Å². The number of halogens is 1. The Balaban J connectivity index is 2.91. The minimum absolute atomic E-state index is 0.707. The molecule has 108 valence electrons. The van der Waals surface area contributed by atoms with E-state index in [0.717, 1.165) is 24.1 Å². The molecule has 4 nitrogen and oxygen atoms in total. The van der Waals surface area contributed by atoms with Crippen LogP contribution >= 0.6 is 15.9 Å². The molecule has 0 heterocycles. The number of nitrogens with zero attached hydrogens (tertiary/aromatic N) is 1. The molecule has 0 amide bonds. The van der Waals surface area contributed by atoms with Crippen LogP contribution in [-0.2, 0) is 16.0 Å². The highest BCUT2D eigenvalue weighted by Gasteiger charge is 2.11. The summed E-state index contributed by atoms with van der Waals surface area (Å²) in [4.78, 5) is 2.30. The molecule has 1 aromatic rings. The fraction of sp³-hybridized carbons (Fsp3) is 0.571. The van der Waals surface area contributed by atoms with E-state index in [-0.39, 0.29) is 0 Å². The van der Waals surface area contributed by atoms with E-state index in [1.54, 1.807) is 14.2 Å². The summed E-state index contributed by atoms with van der Waals surface area (Å²) in [5, 5.41) is 3.21.